The average molecular weight is 272 g/mol. The maximum Gasteiger partial charge on any atom is 0.310 e. The van der Waals surface area contributed by atoms with Gasteiger partial charge in [0, 0.05) is 9.79 Å². The molecule has 2 aromatic carbocycles. The van der Waals surface area contributed by atoms with E-state index in [0.717, 1.165) is 5.56 Å². The summed E-state index contributed by atoms with van der Waals surface area (Å²) >= 11 is 1.71. The zero-order valence-corrected chi connectivity index (χ0v) is 11.7. The van der Waals surface area contributed by atoms with E-state index in [-0.39, 0.29) is 5.97 Å². The van der Waals surface area contributed by atoms with Gasteiger partial charge in [0.15, 0.2) is 0 Å². The Labute approximate surface area is 117 Å². The molecule has 2 nitrogen and oxygen atoms in total. The van der Waals surface area contributed by atoms with E-state index >= 15 is 0 Å². The second-order valence-electron chi connectivity index (χ2n) is 4.04. The van der Waals surface area contributed by atoms with Crippen LogP contribution in [0.5, 0.6) is 0 Å². The molecule has 0 atom stereocenters. The predicted molar refractivity (Wildman–Crippen MR) is 77.3 cm³/mol. The topological polar surface area (TPSA) is 26.3 Å². The van der Waals surface area contributed by atoms with Gasteiger partial charge in [0.25, 0.3) is 0 Å². The minimum atomic E-state index is -0.175. The highest BCUT2D eigenvalue weighted by Gasteiger charge is 2.04. The second-order valence-corrected chi connectivity index (χ2v) is 5.19. The van der Waals surface area contributed by atoms with Crippen LogP contribution in [0.25, 0.3) is 0 Å². The van der Waals surface area contributed by atoms with Gasteiger partial charge in [0.05, 0.1) is 13.0 Å². The van der Waals surface area contributed by atoms with E-state index in [1.807, 2.05) is 49.4 Å². The van der Waals surface area contributed by atoms with Gasteiger partial charge in [-0.3, -0.25) is 4.79 Å². The Morgan fingerprint density at radius 1 is 1.00 bits per heavy atom. The van der Waals surface area contributed by atoms with E-state index in [1.165, 1.54) is 9.79 Å². The second kappa shape index (κ2) is 7.00. The van der Waals surface area contributed by atoms with Gasteiger partial charge in [-0.25, -0.2) is 0 Å². The number of carbonyl (C=O) groups is 1. The molecule has 0 unspecified atom stereocenters. The van der Waals surface area contributed by atoms with Crippen LogP contribution in [0.3, 0.4) is 0 Å². The monoisotopic (exact) mass is 272 g/mol. The molecule has 0 heterocycles. The minimum Gasteiger partial charge on any atom is -0.466 e. The van der Waals surface area contributed by atoms with Gasteiger partial charge >= 0.3 is 5.97 Å². The van der Waals surface area contributed by atoms with E-state index in [0.29, 0.717) is 13.0 Å². The summed E-state index contributed by atoms with van der Waals surface area (Å²) in [5, 5.41) is 0. The van der Waals surface area contributed by atoms with Gasteiger partial charge in [-0.1, -0.05) is 42.1 Å². The molecule has 98 valence electrons. The Morgan fingerprint density at radius 2 is 1.63 bits per heavy atom. The lowest BCUT2D eigenvalue weighted by atomic mass is 10.1. The van der Waals surface area contributed by atoms with Crippen molar-refractivity contribution in [2.45, 2.75) is 23.1 Å². The molecule has 0 bridgehead atoms. The first-order valence-corrected chi connectivity index (χ1v) is 7.07. The molecule has 19 heavy (non-hydrogen) atoms. The molecule has 0 fully saturated rings. The van der Waals surface area contributed by atoms with Gasteiger partial charge in [-0.2, -0.15) is 0 Å². The lowest BCUT2D eigenvalue weighted by molar-refractivity contribution is -0.142. The van der Waals surface area contributed by atoms with Crippen molar-refractivity contribution >= 4 is 17.7 Å². The van der Waals surface area contributed by atoms with E-state index in [1.54, 1.807) is 11.8 Å². The van der Waals surface area contributed by atoms with Crippen LogP contribution in [0.15, 0.2) is 64.4 Å². The number of ether oxygens (including phenoxy) is 1. The van der Waals surface area contributed by atoms with Crippen molar-refractivity contribution in [3.63, 3.8) is 0 Å². The molecule has 0 aromatic heterocycles. The fraction of sp³-hybridized carbons (Fsp3) is 0.188. The Kier molecular flexibility index (Phi) is 5.04. The zero-order valence-electron chi connectivity index (χ0n) is 10.8. The molecule has 0 radical (unpaired) electrons. The Hall–Kier alpha value is -1.74. The molecule has 0 N–H and O–H groups in total. The van der Waals surface area contributed by atoms with Crippen LogP contribution in [-0.2, 0) is 16.0 Å². The van der Waals surface area contributed by atoms with Gasteiger partial charge in [-0.15, -0.1) is 0 Å². The van der Waals surface area contributed by atoms with Crippen LogP contribution in [0, 0.1) is 0 Å². The predicted octanol–water partition coefficient (Wildman–Crippen LogP) is 3.94. The highest BCUT2D eigenvalue weighted by atomic mass is 32.2. The fourth-order valence-electron chi connectivity index (χ4n) is 1.68. The van der Waals surface area contributed by atoms with Crippen LogP contribution >= 0.6 is 11.8 Å². The highest BCUT2D eigenvalue weighted by Crippen LogP contribution is 2.27. The highest BCUT2D eigenvalue weighted by molar-refractivity contribution is 7.99. The summed E-state index contributed by atoms with van der Waals surface area (Å²) < 4.78 is 4.93. The van der Waals surface area contributed by atoms with Crippen molar-refractivity contribution < 1.29 is 9.53 Å². The molecule has 2 rings (SSSR count). The largest absolute Gasteiger partial charge is 0.466 e. The van der Waals surface area contributed by atoms with Gasteiger partial charge in [0.2, 0.25) is 0 Å². The van der Waals surface area contributed by atoms with Crippen molar-refractivity contribution in [1.29, 1.82) is 0 Å². The first kappa shape index (κ1) is 13.7. The first-order valence-electron chi connectivity index (χ1n) is 6.25. The SMILES string of the molecule is CCOC(=O)Cc1ccc(Sc2ccccc2)cc1. The maximum absolute atomic E-state index is 11.4. The number of hydrogen-bond donors (Lipinski definition) is 0. The molecule has 2 aromatic rings. The van der Waals surface area contributed by atoms with E-state index in [2.05, 4.69) is 12.1 Å². The molecule has 0 aliphatic rings. The summed E-state index contributed by atoms with van der Waals surface area (Å²) in [6, 6.07) is 18.2. The van der Waals surface area contributed by atoms with Crippen molar-refractivity contribution in [3.8, 4) is 0 Å². The third-order valence-electron chi connectivity index (χ3n) is 2.56. The normalized spacial score (nSPS) is 10.2. The van der Waals surface area contributed by atoms with Crippen molar-refractivity contribution in [1.82, 2.24) is 0 Å². The molecule has 0 spiro atoms. The fourth-order valence-corrected chi connectivity index (χ4v) is 2.52. The molecule has 3 heteroatoms. The summed E-state index contributed by atoms with van der Waals surface area (Å²) in [6.45, 7) is 2.25. The third-order valence-corrected chi connectivity index (χ3v) is 3.57. The van der Waals surface area contributed by atoms with Crippen LogP contribution in [-0.4, -0.2) is 12.6 Å². The van der Waals surface area contributed by atoms with E-state index < -0.39 is 0 Å². The Bertz CT molecular complexity index is 520. The molecule has 0 aliphatic carbocycles. The summed E-state index contributed by atoms with van der Waals surface area (Å²) in [5.41, 5.74) is 0.982. The van der Waals surface area contributed by atoms with Crippen molar-refractivity contribution in [3.05, 3.63) is 60.2 Å². The summed E-state index contributed by atoms with van der Waals surface area (Å²) in [5.74, 6) is -0.175. The number of benzene rings is 2. The lowest BCUT2D eigenvalue weighted by Crippen LogP contribution is -2.07. The molecule has 0 saturated carbocycles. The van der Waals surface area contributed by atoms with Crippen LogP contribution in [0.4, 0.5) is 0 Å². The van der Waals surface area contributed by atoms with Crippen LogP contribution in [0.1, 0.15) is 12.5 Å². The molecular weight excluding hydrogens is 256 g/mol. The molecule has 0 aliphatic heterocycles. The van der Waals surface area contributed by atoms with Crippen molar-refractivity contribution in [2.24, 2.45) is 0 Å². The number of hydrogen-bond acceptors (Lipinski definition) is 3. The average Bonchev–Trinajstić information content (AvgIpc) is 2.42. The van der Waals surface area contributed by atoms with Gasteiger partial charge in [-0.05, 0) is 36.8 Å². The first-order chi connectivity index (χ1) is 9.28. The van der Waals surface area contributed by atoms with Crippen molar-refractivity contribution in [2.75, 3.05) is 6.61 Å². The smallest absolute Gasteiger partial charge is 0.310 e. The van der Waals surface area contributed by atoms with Gasteiger partial charge < -0.3 is 4.74 Å². The van der Waals surface area contributed by atoms with Crippen LogP contribution < -0.4 is 0 Å². The molecule has 0 amide bonds. The molecule has 0 saturated heterocycles. The number of rotatable bonds is 5. The lowest BCUT2D eigenvalue weighted by Gasteiger charge is -2.04. The molecular formula is C16H16O2S. The van der Waals surface area contributed by atoms with Gasteiger partial charge in [0.1, 0.15) is 0 Å². The maximum atomic E-state index is 11.4. The van der Waals surface area contributed by atoms with Crippen LogP contribution in [0.2, 0.25) is 0 Å². The Morgan fingerprint density at radius 3 is 2.26 bits per heavy atom. The third kappa shape index (κ3) is 4.45. The Balaban J connectivity index is 1.97. The summed E-state index contributed by atoms with van der Waals surface area (Å²) in [6.07, 6.45) is 0.337. The quantitative estimate of drug-likeness (QED) is 0.771. The van der Waals surface area contributed by atoms with E-state index in [9.17, 15) is 4.79 Å². The minimum absolute atomic E-state index is 0.175. The number of carbonyl (C=O) groups excluding carboxylic acids is 1. The summed E-state index contributed by atoms with van der Waals surface area (Å²) in [4.78, 5) is 13.7. The zero-order chi connectivity index (χ0) is 13.5. The summed E-state index contributed by atoms with van der Waals surface area (Å²) in [7, 11) is 0. The van der Waals surface area contributed by atoms with E-state index in [4.69, 9.17) is 4.74 Å². The standard InChI is InChI=1S/C16H16O2S/c1-2-18-16(17)12-13-8-10-15(11-9-13)19-14-6-4-3-5-7-14/h3-11H,2,12H2,1H3. The number of esters is 1.